The summed E-state index contributed by atoms with van der Waals surface area (Å²) in [6.07, 6.45) is 39.3. The molecule has 47 heavy (non-hydrogen) atoms. The van der Waals surface area contributed by atoms with Gasteiger partial charge < -0.3 is 4.74 Å². The highest BCUT2D eigenvalue weighted by Gasteiger charge is 2.50. The molecule has 0 aliphatic heterocycles. The molecule has 0 aromatic heterocycles. The summed E-state index contributed by atoms with van der Waals surface area (Å²) in [6.45, 7) is 16.6. The van der Waals surface area contributed by atoms with Crippen LogP contribution >= 0.6 is 0 Å². The minimum absolute atomic E-state index is 0.0115. The highest BCUT2D eigenvalue weighted by molar-refractivity contribution is 5.69. The first kappa shape index (κ1) is 40.1. The standard InChI is InChI=1S/C45H78O2/c1-7-8-9-10-11-12-13-14-15-16-17-18-19-20-21-27-44(46)47-41-31-28-37(4)40(35-41)30-29-39-26-23-34-45(6)42(32-33-43(39)45)38(5)25-22-24-36(2)3/h29-30,36,38,41-43H,4,7-28,31-35H2,1-3,5-6H3/b39-29+,40-30-/t38-,41+,42-,43+,45-/m1/s1. The van der Waals surface area contributed by atoms with Gasteiger partial charge in [-0.3, -0.25) is 4.79 Å². The van der Waals surface area contributed by atoms with E-state index >= 15 is 0 Å². The summed E-state index contributed by atoms with van der Waals surface area (Å²) in [5, 5.41) is 0. The SMILES string of the molecule is C=C1CC[C@H](OC(=O)CCCCCCCCCCCCCCCCC)C/C1=C/C=C1\CCC[C@]2(C)[C@@H]([C@H](C)CCCC(C)C)CC[C@@H]12. The van der Waals surface area contributed by atoms with Crippen molar-refractivity contribution >= 4 is 5.97 Å². The minimum Gasteiger partial charge on any atom is -0.462 e. The van der Waals surface area contributed by atoms with Crippen LogP contribution in [0.5, 0.6) is 0 Å². The number of hydrogen-bond donors (Lipinski definition) is 0. The van der Waals surface area contributed by atoms with Gasteiger partial charge in [0.05, 0.1) is 0 Å². The first-order chi connectivity index (χ1) is 22.7. The maximum absolute atomic E-state index is 12.7. The zero-order valence-corrected chi connectivity index (χ0v) is 32.2. The first-order valence-electron chi connectivity index (χ1n) is 21.0. The van der Waals surface area contributed by atoms with Gasteiger partial charge >= 0.3 is 5.97 Å². The minimum atomic E-state index is 0.0115. The molecule has 0 heterocycles. The molecular weight excluding hydrogens is 572 g/mol. The molecule has 3 fully saturated rings. The lowest BCUT2D eigenvalue weighted by Crippen LogP contribution is -2.36. The summed E-state index contributed by atoms with van der Waals surface area (Å²) in [7, 11) is 0. The molecule has 0 spiro atoms. The lowest BCUT2D eigenvalue weighted by molar-refractivity contribution is -0.149. The summed E-state index contributed by atoms with van der Waals surface area (Å²) >= 11 is 0. The first-order valence-corrected chi connectivity index (χ1v) is 21.0. The molecule has 3 aliphatic carbocycles. The van der Waals surface area contributed by atoms with Crippen molar-refractivity contribution in [1.29, 1.82) is 0 Å². The van der Waals surface area contributed by atoms with E-state index < -0.39 is 0 Å². The van der Waals surface area contributed by atoms with Crippen molar-refractivity contribution in [2.45, 2.75) is 214 Å². The molecule has 3 rings (SSSR count). The van der Waals surface area contributed by atoms with E-state index in [1.165, 1.54) is 146 Å². The highest BCUT2D eigenvalue weighted by atomic mass is 16.5. The monoisotopic (exact) mass is 651 g/mol. The molecular formula is C45H78O2. The van der Waals surface area contributed by atoms with Crippen LogP contribution in [0.15, 0.2) is 35.5 Å². The highest BCUT2D eigenvalue weighted by Crippen LogP contribution is 2.60. The van der Waals surface area contributed by atoms with Gasteiger partial charge in [0.25, 0.3) is 0 Å². The predicted octanol–water partition coefficient (Wildman–Crippen LogP) is 14.4. The lowest BCUT2D eigenvalue weighted by Gasteiger charge is -2.44. The van der Waals surface area contributed by atoms with E-state index in [0.29, 0.717) is 11.8 Å². The molecule has 0 aromatic rings. The van der Waals surface area contributed by atoms with Gasteiger partial charge in [-0.05, 0) is 86.0 Å². The van der Waals surface area contributed by atoms with Gasteiger partial charge in [-0.1, -0.05) is 174 Å². The van der Waals surface area contributed by atoms with E-state index in [-0.39, 0.29) is 12.1 Å². The molecule has 2 heteroatoms. The van der Waals surface area contributed by atoms with E-state index in [1.54, 1.807) is 5.57 Å². The molecule has 5 atom stereocenters. The van der Waals surface area contributed by atoms with Crippen LogP contribution < -0.4 is 0 Å². The van der Waals surface area contributed by atoms with Crippen LogP contribution in [-0.4, -0.2) is 12.1 Å². The fourth-order valence-corrected chi connectivity index (χ4v) is 9.63. The van der Waals surface area contributed by atoms with Crippen LogP contribution in [0.1, 0.15) is 208 Å². The van der Waals surface area contributed by atoms with E-state index in [2.05, 4.69) is 53.3 Å². The third-order valence-electron chi connectivity index (χ3n) is 12.6. The van der Waals surface area contributed by atoms with Crippen molar-refractivity contribution in [1.82, 2.24) is 0 Å². The second kappa shape index (κ2) is 22.4. The fraction of sp³-hybridized carbons (Fsp3) is 0.844. The van der Waals surface area contributed by atoms with E-state index in [4.69, 9.17) is 4.74 Å². The largest absolute Gasteiger partial charge is 0.462 e. The third kappa shape index (κ3) is 14.2. The summed E-state index contributed by atoms with van der Waals surface area (Å²) in [5.41, 5.74) is 4.72. The zero-order chi connectivity index (χ0) is 33.9. The van der Waals surface area contributed by atoms with E-state index in [9.17, 15) is 4.79 Å². The predicted molar refractivity (Wildman–Crippen MR) is 205 cm³/mol. The topological polar surface area (TPSA) is 26.3 Å². The normalized spacial score (nSPS) is 27.1. The van der Waals surface area contributed by atoms with E-state index in [1.807, 2.05) is 0 Å². The number of carbonyl (C=O) groups is 1. The van der Waals surface area contributed by atoms with Crippen LogP contribution in [0.25, 0.3) is 0 Å². The van der Waals surface area contributed by atoms with E-state index in [0.717, 1.165) is 55.8 Å². The second-order valence-corrected chi connectivity index (χ2v) is 17.0. The molecule has 3 saturated carbocycles. The molecule has 0 aromatic carbocycles. The quantitative estimate of drug-likeness (QED) is 0.0812. The number of carbonyl (C=O) groups excluding carboxylic acids is 1. The summed E-state index contributed by atoms with van der Waals surface area (Å²) in [4.78, 5) is 12.7. The van der Waals surface area contributed by atoms with Crippen molar-refractivity contribution in [2.24, 2.45) is 29.1 Å². The van der Waals surface area contributed by atoms with Crippen molar-refractivity contribution in [3.8, 4) is 0 Å². The van der Waals surface area contributed by atoms with Crippen molar-refractivity contribution < 1.29 is 9.53 Å². The Morgan fingerprint density at radius 1 is 0.809 bits per heavy atom. The molecule has 270 valence electrons. The summed E-state index contributed by atoms with van der Waals surface area (Å²) in [6, 6.07) is 0. The summed E-state index contributed by atoms with van der Waals surface area (Å²) < 4.78 is 6.01. The van der Waals surface area contributed by atoms with Gasteiger partial charge in [0.2, 0.25) is 0 Å². The van der Waals surface area contributed by atoms with Crippen molar-refractivity contribution in [3.05, 3.63) is 35.5 Å². The molecule has 0 saturated heterocycles. The van der Waals surface area contributed by atoms with Crippen LogP contribution in [0.4, 0.5) is 0 Å². The van der Waals surface area contributed by atoms with Crippen LogP contribution in [-0.2, 0) is 9.53 Å². The van der Waals surface area contributed by atoms with Gasteiger partial charge in [-0.15, -0.1) is 0 Å². The maximum Gasteiger partial charge on any atom is 0.306 e. The molecule has 0 bridgehead atoms. The van der Waals surface area contributed by atoms with Gasteiger partial charge in [-0.2, -0.15) is 0 Å². The Hall–Kier alpha value is -1.31. The van der Waals surface area contributed by atoms with Crippen LogP contribution in [0, 0.1) is 29.1 Å². The lowest BCUT2D eigenvalue weighted by atomic mass is 9.60. The van der Waals surface area contributed by atoms with Gasteiger partial charge in [0, 0.05) is 12.8 Å². The number of fused-ring (bicyclic) bond motifs is 1. The Morgan fingerprint density at radius 3 is 2.04 bits per heavy atom. The van der Waals surface area contributed by atoms with Crippen LogP contribution in [0.2, 0.25) is 0 Å². The van der Waals surface area contributed by atoms with Gasteiger partial charge in [0.1, 0.15) is 6.10 Å². The zero-order valence-electron chi connectivity index (χ0n) is 32.2. The Bertz CT molecular complexity index is 955. The Balaban J connectivity index is 1.32. The number of hydrogen-bond acceptors (Lipinski definition) is 2. The number of ether oxygens (including phenoxy) is 1. The van der Waals surface area contributed by atoms with Crippen molar-refractivity contribution in [3.63, 3.8) is 0 Å². The Kier molecular flexibility index (Phi) is 19.1. The fourth-order valence-electron chi connectivity index (χ4n) is 9.63. The smallest absolute Gasteiger partial charge is 0.306 e. The van der Waals surface area contributed by atoms with Gasteiger partial charge in [-0.25, -0.2) is 0 Å². The molecule has 0 N–H and O–H groups in total. The van der Waals surface area contributed by atoms with Crippen LogP contribution in [0.3, 0.4) is 0 Å². The number of esters is 1. The number of rotatable bonds is 23. The molecule has 0 unspecified atom stereocenters. The molecule has 0 radical (unpaired) electrons. The Morgan fingerprint density at radius 2 is 1.43 bits per heavy atom. The molecule has 3 aliphatic rings. The van der Waals surface area contributed by atoms with Crippen molar-refractivity contribution in [2.75, 3.05) is 0 Å². The number of unbranched alkanes of at least 4 members (excludes halogenated alkanes) is 14. The average Bonchev–Trinajstić information content (AvgIpc) is 3.40. The second-order valence-electron chi connectivity index (χ2n) is 17.0. The summed E-state index contributed by atoms with van der Waals surface area (Å²) in [5.74, 6) is 3.28. The molecule has 2 nitrogen and oxygen atoms in total. The van der Waals surface area contributed by atoms with Gasteiger partial charge in [0.15, 0.2) is 0 Å². The average molecular weight is 651 g/mol. The Labute approximate surface area is 293 Å². The molecule has 0 amide bonds. The maximum atomic E-state index is 12.7. The third-order valence-corrected chi connectivity index (χ3v) is 12.6. The number of allylic oxidation sites excluding steroid dienone is 4.